The number of benzene rings is 1. The first-order chi connectivity index (χ1) is 12.8. The number of aromatic nitrogens is 1. The van der Waals surface area contributed by atoms with Crippen molar-refractivity contribution in [1.29, 1.82) is 0 Å². The summed E-state index contributed by atoms with van der Waals surface area (Å²) in [5, 5.41) is 2.94. The van der Waals surface area contributed by atoms with Crippen LogP contribution in [-0.2, 0) is 6.54 Å². The summed E-state index contributed by atoms with van der Waals surface area (Å²) in [5.41, 5.74) is 3.19. The van der Waals surface area contributed by atoms with Gasteiger partial charge in [-0.3, -0.25) is 4.79 Å². The number of ether oxygens (including phenoxy) is 2. The Bertz CT molecular complexity index is 1000. The monoisotopic (exact) mass is 366 g/mol. The molecule has 1 amide bonds. The normalized spacial score (nSPS) is 14.4. The first kappa shape index (κ1) is 17.3. The van der Waals surface area contributed by atoms with Gasteiger partial charge in [0.2, 0.25) is 5.79 Å². The number of hydrogen-bond donors (Lipinski definition) is 1. The fraction of sp³-hybridized carbons (Fsp3) is 0.286. The minimum Gasteiger partial charge on any atom is -0.467 e. The molecule has 0 aliphatic carbocycles. The highest BCUT2D eigenvalue weighted by Crippen LogP contribution is 2.40. The summed E-state index contributed by atoms with van der Waals surface area (Å²) < 4.78 is 18.9. The van der Waals surface area contributed by atoms with Crippen LogP contribution in [0, 0.1) is 13.8 Å². The van der Waals surface area contributed by atoms with Crippen molar-refractivity contribution in [2.75, 3.05) is 5.32 Å². The van der Waals surface area contributed by atoms with Gasteiger partial charge >= 0.3 is 0 Å². The van der Waals surface area contributed by atoms with Gasteiger partial charge in [-0.1, -0.05) is 0 Å². The molecule has 3 heterocycles. The van der Waals surface area contributed by atoms with Crippen molar-refractivity contribution in [2.24, 2.45) is 0 Å². The number of hydrogen-bond acceptors (Lipinski definition) is 4. The average Bonchev–Trinajstić information content (AvgIpc) is 3.28. The summed E-state index contributed by atoms with van der Waals surface area (Å²) in [6, 6.07) is 11.1. The lowest BCUT2D eigenvalue weighted by Crippen LogP contribution is -2.29. The molecule has 3 aromatic rings. The molecule has 6 heteroatoms. The zero-order valence-corrected chi connectivity index (χ0v) is 15.8. The number of amides is 1. The second-order valence-electron chi connectivity index (χ2n) is 7.17. The number of carbonyl (C=O) groups excluding carboxylic acids is 1. The molecule has 0 spiro atoms. The zero-order chi connectivity index (χ0) is 19.2. The van der Waals surface area contributed by atoms with Crippen LogP contribution in [0.3, 0.4) is 0 Å². The van der Waals surface area contributed by atoms with E-state index >= 15 is 0 Å². The van der Waals surface area contributed by atoms with Gasteiger partial charge in [-0.15, -0.1) is 0 Å². The van der Waals surface area contributed by atoms with Gasteiger partial charge in [0.25, 0.3) is 5.91 Å². The van der Waals surface area contributed by atoms with E-state index in [1.165, 1.54) is 0 Å². The molecule has 0 unspecified atom stereocenters. The van der Waals surface area contributed by atoms with Crippen LogP contribution in [0.25, 0.3) is 0 Å². The Morgan fingerprint density at radius 3 is 2.63 bits per heavy atom. The van der Waals surface area contributed by atoms with Crippen LogP contribution in [0.1, 0.15) is 41.4 Å². The van der Waals surface area contributed by atoms with E-state index in [9.17, 15) is 4.79 Å². The summed E-state index contributed by atoms with van der Waals surface area (Å²) in [4.78, 5) is 12.8. The van der Waals surface area contributed by atoms with E-state index in [-0.39, 0.29) is 5.91 Å². The molecule has 1 N–H and O–H groups in total. The largest absolute Gasteiger partial charge is 0.467 e. The molecule has 0 bridgehead atoms. The minimum atomic E-state index is -0.693. The van der Waals surface area contributed by atoms with Gasteiger partial charge in [0, 0.05) is 37.0 Å². The lowest BCUT2D eigenvalue weighted by Gasteiger charge is -2.16. The molecule has 0 saturated carbocycles. The molecule has 2 aromatic heterocycles. The number of nitrogens with one attached hydrogen (secondary N) is 1. The molecule has 0 atom stereocenters. The quantitative estimate of drug-likeness (QED) is 0.738. The number of furan rings is 1. The molecule has 4 rings (SSSR count). The third-order valence-electron chi connectivity index (χ3n) is 4.63. The number of carbonyl (C=O) groups is 1. The molecule has 0 saturated heterocycles. The molecule has 0 radical (unpaired) electrons. The summed E-state index contributed by atoms with van der Waals surface area (Å²) in [5.74, 6) is 1.30. The van der Waals surface area contributed by atoms with Crippen molar-refractivity contribution in [3.05, 3.63) is 65.4 Å². The summed E-state index contributed by atoms with van der Waals surface area (Å²) in [6.07, 6.45) is 1.65. The lowest BCUT2D eigenvalue weighted by molar-refractivity contribution is -0.0431. The summed E-state index contributed by atoms with van der Waals surface area (Å²) >= 11 is 0. The number of rotatable bonds is 4. The minimum absolute atomic E-state index is 0.160. The second kappa shape index (κ2) is 6.23. The third-order valence-corrected chi connectivity index (χ3v) is 4.63. The maximum Gasteiger partial charge on any atom is 0.257 e. The molecule has 27 heavy (non-hydrogen) atoms. The summed E-state index contributed by atoms with van der Waals surface area (Å²) in [6.45, 7) is 8.21. The second-order valence-corrected chi connectivity index (χ2v) is 7.17. The van der Waals surface area contributed by atoms with Gasteiger partial charge in [-0.05, 0) is 44.2 Å². The lowest BCUT2D eigenvalue weighted by atomic mass is 10.2. The van der Waals surface area contributed by atoms with Crippen molar-refractivity contribution in [3.8, 4) is 11.5 Å². The zero-order valence-electron chi connectivity index (χ0n) is 15.8. The Labute approximate surface area is 157 Å². The van der Waals surface area contributed by atoms with Crippen LogP contribution in [0.15, 0.2) is 47.1 Å². The number of anilines is 1. The fourth-order valence-electron chi connectivity index (χ4n) is 3.33. The van der Waals surface area contributed by atoms with E-state index in [1.807, 2.05) is 52.0 Å². The van der Waals surface area contributed by atoms with Crippen LogP contribution in [-0.4, -0.2) is 16.3 Å². The molecule has 1 aliphatic heterocycles. The van der Waals surface area contributed by atoms with Crippen LogP contribution in [0.5, 0.6) is 11.5 Å². The highest BCUT2D eigenvalue weighted by Gasteiger charge is 2.31. The van der Waals surface area contributed by atoms with Crippen molar-refractivity contribution >= 4 is 11.6 Å². The Kier molecular flexibility index (Phi) is 3.98. The predicted octanol–water partition coefficient (Wildman–Crippen LogP) is 4.51. The smallest absolute Gasteiger partial charge is 0.257 e. The van der Waals surface area contributed by atoms with Gasteiger partial charge in [-0.2, -0.15) is 0 Å². The highest BCUT2D eigenvalue weighted by molar-refractivity contribution is 6.05. The molecular weight excluding hydrogens is 344 g/mol. The van der Waals surface area contributed by atoms with Crippen molar-refractivity contribution in [2.45, 2.75) is 40.0 Å². The molecule has 1 aromatic carbocycles. The Balaban J connectivity index is 1.54. The summed E-state index contributed by atoms with van der Waals surface area (Å²) in [7, 11) is 0. The number of fused-ring (bicyclic) bond motifs is 1. The predicted molar refractivity (Wildman–Crippen MR) is 101 cm³/mol. The molecular formula is C21H22N2O4. The first-order valence-corrected chi connectivity index (χ1v) is 8.85. The highest BCUT2D eigenvalue weighted by atomic mass is 16.7. The van der Waals surface area contributed by atoms with Crippen molar-refractivity contribution in [3.63, 3.8) is 0 Å². The fourth-order valence-corrected chi connectivity index (χ4v) is 3.33. The van der Waals surface area contributed by atoms with Crippen LogP contribution in [0.4, 0.5) is 5.69 Å². The van der Waals surface area contributed by atoms with Crippen molar-refractivity contribution < 1.29 is 18.7 Å². The average molecular weight is 366 g/mol. The molecule has 1 aliphatic rings. The van der Waals surface area contributed by atoms with E-state index in [0.717, 1.165) is 17.1 Å². The van der Waals surface area contributed by atoms with Gasteiger partial charge in [0.15, 0.2) is 11.5 Å². The van der Waals surface area contributed by atoms with Gasteiger partial charge < -0.3 is 23.8 Å². The van der Waals surface area contributed by atoms with E-state index in [4.69, 9.17) is 13.9 Å². The Morgan fingerprint density at radius 1 is 1.11 bits per heavy atom. The van der Waals surface area contributed by atoms with E-state index in [2.05, 4.69) is 9.88 Å². The van der Waals surface area contributed by atoms with Gasteiger partial charge in [0.1, 0.15) is 5.76 Å². The van der Waals surface area contributed by atoms with Crippen LogP contribution < -0.4 is 14.8 Å². The van der Waals surface area contributed by atoms with Crippen molar-refractivity contribution in [1.82, 2.24) is 4.57 Å². The maximum absolute atomic E-state index is 12.8. The Morgan fingerprint density at radius 2 is 1.89 bits per heavy atom. The number of aryl methyl sites for hydroxylation is 1. The first-order valence-electron chi connectivity index (χ1n) is 8.85. The SMILES string of the molecule is Cc1cc(C(=O)Nc2ccc3c(c2)OC(C)(C)O3)c(C)n1Cc1ccco1. The van der Waals surface area contributed by atoms with Gasteiger partial charge in [-0.25, -0.2) is 0 Å². The topological polar surface area (TPSA) is 65.6 Å². The molecule has 6 nitrogen and oxygen atoms in total. The van der Waals surface area contributed by atoms with Gasteiger partial charge in [0.05, 0.1) is 18.4 Å². The van der Waals surface area contributed by atoms with E-state index < -0.39 is 5.79 Å². The molecule has 140 valence electrons. The van der Waals surface area contributed by atoms with E-state index in [0.29, 0.717) is 29.3 Å². The maximum atomic E-state index is 12.8. The standard InChI is InChI=1S/C21H22N2O4/c1-13-10-17(14(2)23(13)12-16-6-5-9-25-16)20(24)22-15-7-8-18-19(11-15)27-21(3,4)26-18/h5-11H,12H2,1-4H3,(H,22,24). The van der Waals surface area contributed by atoms with Crippen LogP contribution in [0.2, 0.25) is 0 Å². The third kappa shape index (κ3) is 3.30. The Hall–Kier alpha value is -3.15. The van der Waals surface area contributed by atoms with Crippen LogP contribution >= 0.6 is 0 Å². The number of nitrogens with zero attached hydrogens (tertiary/aromatic N) is 1. The molecule has 0 fully saturated rings. The van der Waals surface area contributed by atoms with E-state index in [1.54, 1.807) is 18.4 Å².